The fourth-order valence-electron chi connectivity index (χ4n) is 1.78. The normalized spacial score (nSPS) is 12.2. The molecule has 9 heteroatoms. The maximum atomic E-state index is 12.0. The molecule has 1 amide bonds. The number of aromatic hydroxyl groups is 1. The van der Waals surface area contributed by atoms with Gasteiger partial charge in [-0.1, -0.05) is 0 Å². The molecule has 0 spiro atoms. The number of hydrogen-bond donors (Lipinski definition) is 3. The number of carbonyl (C=O) groups excluding carboxylic acids is 1. The molecule has 0 radical (unpaired) electrons. The lowest BCUT2D eigenvalue weighted by Crippen LogP contribution is -2.30. The number of aromatic nitrogens is 1. The molecule has 0 saturated heterocycles. The van der Waals surface area contributed by atoms with Crippen LogP contribution in [0.3, 0.4) is 0 Å². The van der Waals surface area contributed by atoms with Crippen molar-refractivity contribution in [1.29, 1.82) is 0 Å². The summed E-state index contributed by atoms with van der Waals surface area (Å²) in [5.74, 6) is -0.191. The van der Waals surface area contributed by atoms with Crippen molar-refractivity contribution in [2.24, 2.45) is 0 Å². The summed E-state index contributed by atoms with van der Waals surface area (Å²) in [7, 11) is -3.35. The summed E-state index contributed by atoms with van der Waals surface area (Å²) in [6.07, 6.45) is 1.64. The first-order valence-electron chi connectivity index (χ1n) is 6.94. The van der Waals surface area contributed by atoms with Gasteiger partial charge in [0.2, 0.25) is 10.0 Å². The number of amides is 1. The largest absolute Gasteiger partial charge is 0.504 e. The molecule has 0 fully saturated rings. The zero-order valence-electron chi connectivity index (χ0n) is 13.1. The average molecular weight is 351 g/mol. The Morgan fingerprint density at radius 1 is 1.25 bits per heavy atom. The molecule has 2 aromatic rings. The van der Waals surface area contributed by atoms with Crippen LogP contribution in [0.15, 0.2) is 42.6 Å². The van der Waals surface area contributed by atoms with Crippen molar-refractivity contribution in [2.75, 3.05) is 16.3 Å². The highest BCUT2D eigenvalue weighted by molar-refractivity contribution is 7.92. The van der Waals surface area contributed by atoms with E-state index in [2.05, 4.69) is 15.0 Å². The fraction of sp³-hybridized carbons (Fsp3) is 0.200. The van der Waals surface area contributed by atoms with Crippen LogP contribution in [-0.2, 0) is 14.8 Å². The molecule has 0 aliphatic carbocycles. The van der Waals surface area contributed by atoms with Crippen LogP contribution >= 0.6 is 0 Å². The minimum absolute atomic E-state index is 0.0469. The second-order valence-electron chi connectivity index (χ2n) is 5.02. The molecule has 1 aromatic carbocycles. The van der Waals surface area contributed by atoms with E-state index in [4.69, 9.17) is 4.74 Å². The number of nitrogens with zero attached hydrogens (tertiary/aromatic N) is 1. The summed E-state index contributed by atoms with van der Waals surface area (Å²) >= 11 is 0. The molecule has 0 bridgehead atoms. The van der Waals surface area contributed by atoms with Crippen LogP contribution in [0.1, 0.15) is 6.92 Å². The summed E-state index contributed by atoms with van der Waals surface area (Å²) in [6, 6.07) is 9.06. The SMILES string of the molecule is CC(Oc1ccc(NS(C)(=O)=O)cc1)C(=O)Nc1ncccc1O. The molecule has 0 saturated carbocycles. The van der Waals surface area contributed by atoms with Crippen molar-refractivity contribution >= 4 is 27.4 Å². The minimum atomic E-state index is -3.35. The van der Waals surface area contributed by atoms with Crippen molar-refractivity contribution in [3.8, 4) is 11.5 Å². The molecule has 8 nitrogen and oxygen atoms in total. The van der Waals surface area contributed by atoms with Gasteiger partial charge in [0, 0.05) is 11.9 Å². The van der Waals surface area contributed by atoms with E-state index in [-0.39, 0.29) is 11.6 Å². The Kier molecular flexibility index (Phi) is 5.24. The number of hydrogen-bond acceptors (Lipinski definition) is 6. The minimum Gasteiger partial charge on any atom is -0.504 e. The number of ether oxygens (including phenoxy) is 1. The van der Waals surface area contributed by atoms with Gasteiger partial charge in [-0.3, -0.25) is 9.52 Å². The molecule has 0 aliphatic heterocycles. The summed E-state index contributed by atoms with van der Waals surface area (Å²) < 4.78 is 30.1. The summed E-state index contributed by atoms with van der Waals surface area (Å²) in [4.78, 5) is 15.9. The van der Waals surface area contributed by atoms with Gasteiger partial charge < -0.3 is 15.2 Å². The van der Waals surface area contributed by atoms with E-state index < -0.39 is 22.0 Å². The van der Waals surface area contributed by atoms with Crippen LogP contribution in [0.2, 0.25) is 0 Å². The highest BCUT2D eigenvalue weighted by atomic mass is 32.2. The summed E-state index contributed by atoms with van der Waals surface area (Å²) in [5.41, 5.74) is 0.389. The van der Waals surface area contributed by atoms with Crippen LogP contribution in [0.4, 0.5) is 11.5 Å². The highest BCUT2D eigenvalue weighted by Crippen LogP contribution is 2.20. The van der Waals surface area contributed by atoms with Gasteiger partial charge in [-0.15, -0.1) is 0 Å². The third-order valence-electron chi connectivity index (χ3n) is 2.87. The van der Waals surface area contributed by atoms with Gasteiger partial charge in [-0.25, -0.2) is 13.4 Å². The molecule has 1 atom stereocenters. The van der Waals surface area contributed by atoms with E-state index in [0.29, 0.717) is 11.4 Å². The first-order valence-corrected chi connectivity index (χ1v) is 8.83. The van der Waals surface area contributed by atoms with E-state index in [1.54, 1.807) is 0 Å². The highest BCUT2D eigenvalue weighted by Gasteiger charge is 2.17. The van der Waals surface area contributed by atoms with Gasteiger partial charge in [0.1, 0.15) is 5.75 Å². The van der Waals surface area contributed by atoms with Gasteiger partial charge in [0.15, 0.2) is 17.7 Å². The van der Waals surface area contributed by atoms with Crippen molar-refractivity contribution in [3.05, 3.63) is 42.6 Å². The quantitative estimate of drug-likeness (QED) is 0.727. The molecule has 24 heavy (non-hydrogen) atoms. The van der Waals surface area contributed by atoms with Crippen molar-refractivity contribution < 1.29 is 23.1 Å². The lowest BCUT2D eigenvalue weighted by Gasteiger charge is -2.15. The average Bonchev–Trinajstić information content (AvgIpc) is 2.50. The predicted molar refractivity (Wildman–Crippen MR) is 89.5 cm³/mol. The Bertz CT molecular complexity index is 821. The maximum Gasteiger partial charge on any atom is 0.266 e. The first kappa shape index (κ1) is 17.5. The molecule has 1 unspecified atom stereocenters. The zero-order chi connectivity index (χ0) is 17.7. The molecule has 128 valence electrons. The van der Waals surface area contributed by atoms with E-state index in [1.807, 2.05) is 0 Å². The van der Waals surface area contributed by atoms with Gasteiger partial charge in [-0.05, 0) is 43.3 Å². The number of carbonyl (C=O) groups is 1. The third kappa shape index (κ3) is 5.13. The molecular formula is C15H17N3O5S. The van der Waals surface area contributed by atoms with Gasteiger partial charge >= 0.3 is 0 Å². The number of sulfonamides is 1. The lowest BCUT2D eigenvalue weighted by molar-refractivity contribution is -0.122. The Balaban J connectivity index is 1.97. The zero-order valence-corrected chi connectivity index (χ0v) is 13.9. The number of anilines is 2. The number of benzene rings is 1. The predicted octanol–water partition coefficient (Wildman–Crippen LogP) is 1.56. The summed E-state index contributed by atoms with van der Waals surface area (Å²) in [6.45, 7) is 1.54. The molecule has 1 aromatic heterocycles. The molecule has 3 N–H and O–H groups in total. The fourth-order valence-corrected chi connectivity index (χ4v) is 2.35. The molecular weight excluding hydrogens is 334 g/mol. The van der Waals surface area contributed by atoms with E-state index >= 15 is 0 Å². The van der Waals surface area contributed by atoms with Crippen LogP contribution in [0.25, 0.3) is 0 Å². The Morgan fingerprint density at radius 2 is 1.92 bits per heavy atom. The standard InChI is InChI=1S/C15H17N3O5S/c1-10(15(20)17-14-13(19)4-3-9-16-14)23-12-7-5-11(6-8-12)18-24(2,21)22/h3-10,18-19H,1-2H3,(H,16,17,20). The molecule has 0 aliphatic rings. The number of rotatable bonds is 6. The van der Waals surface area contributed by atoms with E-state index in [9.17, 15) is 18.3 Å². The third-order valence-corrected chi connectivity index (χ3v) is 3.47. The maximum absolute atomic E-state index is 12.0. The Labute approximate surface area is 139 Å². The second-order valence-corrected chi connectivity index (χ2v) is 6.77. The van der Waals surface area contributed by atoms with E-state index in [0.717, 1.165) is 6.26 Å². The van der Waals surface area contributed by atoms with Crippen LogP contribution in [-0.4, -0.2) is 36.8 Å². The monoisotopic (exact) mass is 351 g/mol. The van der Waals surface area contributed by atoms with Gasteiger partial charge in [-0.2, -0.15) is 0 Å². The van der Waals surface area contributed by atoms with Crippen LogP contribution < -0.4 is 14.8 Å². The van der Waals surface area contributed by atoms with Gasteiger partial charge in [0.25, 0.3) is 5.91 Å². The van der Waals surface area contributed by atoms with E-state index in [1.165, 1.54) is 49.5 Å². The molecule has 1 heterocycles. The topological polar surface area (TPSA) is 118 Å². The van der Waals surface area contributed by atoms with Crippen molar-refractivity contribution in [2.45, 2.75) is 13.0 Å². The Morgan fingerprint density at radius 3 is 2.50 bits per heavy atom. The Hall–Kier alpha value is -2.81. The number of nitrogens with one attached hydrogen (secondary N) is 2. The van der Waals surface area contributed by atoms with Crippen LogP contribution in [0, 0.1) is 0 Å². The van der Waals surface area contributed by atoms with Gasteiger partial charge in [0.05, 0.1) is 6.26 Å². The van der Waals surface area contributed by atoms with Crippen molar-refractivity contribution in [1.82, 2.24) is 4.98 Å². The lowest BCUT2D eigenvalue weighted by atomic mass is 10.3. The smallest absolute Gasteiger partial charge is 0.266 e. The second kappa shape index (κ2) is 7.18. The first-order chi connectivity index (χ1) is 11.2. The molecule has 2 rings (SSSR count). The van der Waals surface area contributed by atoms with Crippen molar-refractivity contribution in [3.63, 3.8) is 0 Å². The number of pyridine rings is 1. The van der Waals surface area contributed by atoms with Crippen LogP contribution in [0.5, 0.6) is 11.5 Å². The summed E-state index contributed by atoms with van der Waals surface area (Å²) in [5, 5.41) is 12.0.